The van der Waals surface area contributed by atoms with E-state index in [2.05, 4.69) is 17.4 Å². The van der Waals surface area contributed by atoms with Gasteiger partial charge in [0.2, 0.25) is 5.91 Å². The van der Waals surface area contributed by atoms with Gasteiger partial charge in [0.25, 0.3) is 0 Å². The monoisotopic (exact) mass is 296 g/mol. The van der Waals surface area contributed by atoms with Gasteiger partial charge in [-0.1, -0.05) is 54.7 Å². The van der Waals surface area contributed by atoms with Gasteiger partial charge in [-0.25, -0.2) is 0 Å². The second-order valence-electron chi connectivity index (χ2n) is 5.29. The molecule has 1 aliphatic rings. The maximum absolute atomic E-state index is 12.3. The molecule has 0 spiro atoms. The van der Waals surface area contributed by atoms with Gasteiger partial charge in [0.15, 0.2) is 0 Å². The average molecular weight is 296 g/mol. The van der Waals surface area contributed by atoms with Gasteiger partial charge in [0.05, 0.1) is 0 Å². The number of hydrogen-bond acceptors (Lipinski definition) is 2. The highest BCUT2D eigenvalue weighted by Crippen LogP contribution is 2.47. The second kappa shape index (κ2) is 5.66. The molecule has 2 unspecified atom stereocenters. The molecule has 4 heteroatoms. The molecular weight excluding hydrogens is 280 g/mol. The van der Waals surface area contributed by atoms with Gasteiger partial charge >= 0.3 is 0 Å². The lowest BCUT2D eigenvalue weighted by molar-refractivity contribution is -0.117. The summed E-state index contributed by atoms with van der Waals surface area (Å²) in [5, 5.41) is 2.94. The van der Waals surface area contributed by atoms with Crippen LogP contribution in [0.1, 0.15) is 23.5 Å². The van der Waals surface area contributed by atoms with E-state index < -0.39 is 0 Å². The molecule has 106 valence electrons. The number of carbonyl (C=O) groups is 1. The van der Waals surface area contributed by atoms with Crippen molar-refractivity contribution >= 4 is 28.8 Å². The Kier molecular flexibility index (Phi) is 3.71. The minimum atomic E-state index is 0.0564. The van der Waals surface area contributed by atoms with E-state index in [1.165, 1.54) is 5.56 Å². The second-order valence-corrected chi connectivity index (χ2v) is 5.73. The Morgan fingerprint density at radius 1 is 1.14 bits per heavy atom. The Labute approximate surface area is 129 Å². The van der Waals surface area contributed by atoms with Crippen LogP contribution in [0.3, 0.4) is 0 Å². The lowest BCUT2D eigenvalue weighted by Gasteiger charge is -2.07. The fraction of sp³-hybridized carbons (Fsp3) is 0.176. The van der Waals surface area contributed by atoms with Crippen LogP contribution in [-0.4, -0.2) is 10.9 Å². The van der Waals surface area contributed by atoms with E-state index >= 15 is 0 Å². The maximum atomic E-state index is 12.3. The van der Waals surface area contributed by atoms with E-state index in [0.29, 0.717) is 10.9 Å². The molecule has 0 saturated heterocycles. The van der Waals surface area contributed by atoms with Gasteiger partial charge in [-0.2, -0.15) is 0 Å². The predicted octanol–water partition coefficient (Wildman–Crippen LogP) is 3.06. The van der Waals surface area contributed by atoms with Crippen molar-refractivity contribution in [3.63, 3.8) is 0 Å². The highest BCUT2D eigenvalue weighted by Gasteiger charge is 2.43. The quantitative estimate of drug-likeness (QED) is 0.853. The Morgan fingerprint density at radius 3 is 2.62 bits per heavy atom. The van der Waals surface area contributed by atoms with Gasteiger partial charge in [-0.3, -0.25) is 4.79 Å². The molecule has 2 aromatic rings. The molecule has 0 radical (unpaired) electrons. The lowest BCUT2D eigenvalue weighted by atomic mass is 10.1. The number of nitrogens with two attached hydrogens (primary N) is 1. The first kappa shape index (κ1) is 13.8. The summed E-state index contributed by atoms with van der Waals surface area (Å²) in [4.78, 5) is 12.6. The van der Waals surface area contributed by atoms with Crippen molar-refractivity contribution in [2.45, 2.75) is 12.3 Å². The molecular formula is C17H16N2OS. The van der Waals surface area contributed by atoms with Gasteiger partial charge < -0.3 is 11.1 Å². The van der Waals surface area contributed by atoms with Crippen molar-refractivity contribution in [3.8, 4) is 0 Å². The third-order valence-corrected chi connectivity index (χ3v) is 4.01. The third kappa shape index (κ3) is 3.11. The summed E-state index contributed by atoms with van der Waals surface area (Å²) in [7, 11) is 0. The molecule has 21 heavy (non-hydrogen) atoms. The molecule has 0 bridgehead atoms. The van der Waals surface area contributed by atoms with Gasteiger partial charge in [0.1, 0.15) is 4.99 Å². The summed E-state index contributed by atoms with van der Waals surface area (Å²) in [5.41, 5.74) is 8.34. The Morgan fingerprint density at radius 2 is 1.90 bits per heavy atom. The first-order chi connectivity index (χ1) is 10.1. The van der Waals surface area contributed by atoms with Gasteiger partial charge in [-0.05, 0) is 30.0 Å². The van der Waals surface area contributed by atoms with Crippen molar-refractivity contribution in [1.29, 1.82) is 0 Å². The molecule has 1 saturated carbocycles. The molecule has 3 nitrogen and oxygen atoms in total. The van der Waals surface area contributed by atoms with E-state index in [9.17, 15) is 4.79 Å². The van der Waals surface area contributed by atoms with Crippen LogP contribution < -0.4 is 11.1 Å². The molecule has 1 fully saturated rings. The lowest BCUT2D eigenvalue weighted by Crippen LogP contribution is -2.15. The van der Waals surface area contributed by atoms with Crippen LogP contribution in [0.25, 0.3) is 0 Å². The number of amides is 1. The van der Waals surface area contributed by atoms with Crippen LogP contribution in [0.5, 0.6) is 0 Å². The van der Waals surface area contributed by atoms with Crippen LogP contribution in [0.15, 0.2) is 54.6 Å². The topological polar surface area (TPSA) is 55.1 Å². The van der Waals surface area contributed by atoms with Crippen LogP contribution in [0.4, 0.5) is 5.69 Å². The Hall–Kier alpha value is -2.20. The largest absolute Gasteiger partial charge is 0.389 e. The smallest absolute Gasteiger partial charge is 0.228 e. The normalized spacial score (nSPS) is 19.8. The maximum Gasteiger partial charge on any atom is 0.228 e. The summed E-state index contributed by atoms with van der Waals surface area (Å²) in [6, 6.07) is 17.5. The molecule has 2 aromatic carbocycles. The standard InChI is InChI=1S/C17H16N2OS/c18-16(21)12-7-4-8-13(9-12)19-17(20)15-10-14(15)11-5-2-1-3-6-11/h1-9,14-15H,10H2,(H2,18,21)(H,19,20). The van der Waals surface area contributed by atoms with Crippen molar-refractivity contribution < 1.29 is 4.79 Å². The minimum absolute atomic E-state index is 0.0564. The van der Waals surface area contributed by atoms with Gasteiger partial charge in [-0.15, -0.1) is 0 Å². The average Bonchev–Trinajstić information content (AvgIpc) is 3.29. The first-order valence-electron chi connectivity index (χ1n) is 6.91. The summed E-state index contributed by atoms with van der Waals surface area (Å²) in [6.07, 6.45) is 0.908. The zero-order valence-electron chi connectivity index (χ0n) is 11.5. The summed E-state index contributed by atoms with van der Waals surface area (Å²) < 4.78 is 0. The van der Waals surface area contributed by atoms with E-state index in [-0.39, 0.29) is 11.8 Å². The number of thiocarbonyl (C=S) groups is 1. The number of carbonyl (C=O) groups excluding carboxylic acids is 1. The molecule has 3 rings (SSSR count). The van der Waals surface area contributed by atoms with E-state index in [1.807, 2.05) is 36.4 Å². The molecule has 0 aromatic heterocycles. The minimum Gasteiger partial charge on any atom is -0.389 e. The van der Waals surface area contributed by atoms with E-state index in [4.69, 9.17) is 18.0 Å². The Bertz CT molecular complexity index is 684. The number of rotatable bonds is 4. The highest BCUT2D eigenvalue weighted by atomic mass is 32.1. The zero-order chi connectivity index (χ0) is 14.8. The number of hydrogen-bond donors (Lipinski definition) is 2. The predicted molar refractivity (Wildman–Crippen MR) is 88.2 cm³/mol. The van der Waals surface area contributed by atoms with Crippen LogP contribution in [0, 0.1) is 5.92 Å². The van der Waals surface area contributed by atoms with Crippen molar-refractivity contribution in [2.24, 2.45) is 11.7 Å². The molecule has 3 N–H and O–H groups in total. The molecule has 2 atom stereocenters. The van der Waals surface area contributed by atoms with Crippen molar-refractivity contribution in [1.82, 2.24) is 0 Å². The van der Waals surface area contributed by atoms with E-state index in [1.54, 1.807) is 6.07 Å². The molecule has 1 aliphatic carbocycles. The molecule has 0 heterocycles. The first-order valence-corrected chi connectivity index (χ1v) is 7.31. The fourth-order valence-corrected chi connectivity index (χ4v) is 2.67. The Balaban J connectivity index is 1.66. The highest BCUT2D eigenvalue weighted by molar-refractivity contribution is 7.80. The third-order valence-electron chi connectivity index (χ3n) is 3.77. The fourth-order valence-electron chi connectivity index (χ4n) is 2.54. The van der Waals surface area contributed by atoms with Crippen molar-refractivity contribution in [2.75, 3.05) is 5.32 Å². The van der Waals surface area contributed by atoms with Crippen molar-refractivity contribution in [3.05, 3.63) is 65.7 Å². The number of anilines is 1. The summed E-state index contributed by atoms with van der Waals surface area (Å²) in [6.45, 7) is 0. The van der Waals surface area contributed by atoms with Crippen LogP contribution >= 0.6 is 12.2 Å². The SMILES string of the molecule is NC(=S)c1cccc(NC(=O)C2CC2c2ccccc2)c1. The van der Waals surface area contributed by atoms with Gasteiger partial charge in [0, 0.05) is 17.2 Å². The zero-order valence-corrected chi connectivity index (χ0v) is 12.3. The number of nitrogens with one attached hydrogen (secondary N) is 1. The molecule has 0 aliphatic heterocycles. The van der Waals surface area contributed by atoms with E-state index in [0.717, 1.165) is 17.7 Å². The summed E-state index contributed by atoms with van der Waals surface area (Å²) >= 11 is 4.95. The molecule has 1 amide bonds. The van der Waals surface area contributed by atoms with Crippen LogP contribution in [0.2, 0.25) is 0 Å². The van der Waals surface area contributed by atoms with Crippen LogP contribution in [-0.2, 0) is 4.79 Å². The number of benzene rings is 2. The summed E-state index contributed by atoms with van der Waals surface area (Å²) in [5.74, 6) is 0.454.